The lowest BCUT2D eigenvalue weighted by Gasteiger charge is -2.26. The van der Waals surface area contributed by atoms with E-state index in [0.717, 1.165) is 16.6 Å². The van der Waals surface area contributed by atoms with Crippen LogP contribution in [-0.2, 0) is 6.54 Å². The third kappa shape index (κ3) is 1.85. The van der Waals surface area contributed by atoms with E-state index in [9.17, 15) is 4.39 Å². The number of benzene rings is 1. The normalized spacial score (nSPS) is 16.6. The molecule has 0 amide bonds. The summed E-state index contributed by atoms with van der Waals surface area (Å²) in [5.74, 6) is -0.0996. The molecule has 0 unspecified atom stereocenters. The number of rotatable bonds is 3. The molecule has 1 saturated carbocycles. The predicted molar refractivity (Wildman–Crippen MR) is 66.3 cm³/mol. The van der Waals surface area contributed by atoms with E-state index in [2.05, 4.69) is 11.4 Å². The van der Waals surface area contributed by atoms with Gasteiger partial charge in [-0.2, -0.15) is 0 Å². The van der Waals surface area contributed by atoms with Crippen LogP contribution in [0.3, 0.4) is 0 Å². The second-order valence-electron chi connectivity index (χ2n) is 4.38. The molecule has 3 rings (SSSR count). The van der Waals surface area contributed by atoms with Crippen molar-refractivity contribution in [2.24, 2.45) is 0 Å². The average molecular weight is 235 g/mol. The van der Waals surface area contributed by atoms with Crippen LogP contribution >= 0.6 is 11.3 Å². The van der Waals surface area contributed by atoms with E-state index in [0.29, 0.717) is 6.04 Å². The Hall–Kier alpha value is -0.930. The predicted octanol–water partition coefficient (Wildman–Crippen LogP) is 3.68. The van der Waals surface area contributed by atoms with Crippen molar-refractivity contribution in [2.75, 3.05) is 0 Å². The Bertz CT molecular complexity index is 502. The maximum absolute atomic E-state index is 13.5. The monoisotopic (exact) mass is 235 g/mol. The number of halogens is 1. The SMILES string of the molecule is Fc1cccc2cc(CNC3CCC3)sc12. The van der Waals surface area contributed by atoms with Crippen molar-refractivity contribution in [2.45, 2.75) is 31.8 Å². The minimum atomic E-state index is -0.0996. The molecule has 1 aromatic carbocycles. The van der Waals surface area contributed by atoms with Gasteiger partial charge in [0.25, 0.3) is 0 Å². The molecule has 0 saturated heterocycles. The highest BCUT2D eigenvalue weighted by Crippen LogP contribution is 2.28. The topological polar surface area (TPSA) is 12.0 Å². The van der Waals surface area contributed by atoms with E-state index in [1.165, 1.54) is 30.2 Å². The number of hydrogen-bond donors (Lipinski definition) is 1. The van der Waals surface area contributed by atoms with Gasteiger partial charge in [-0.3, -0.25) is 0 Å². The Morgan fingerprint density at radius 1 is 1.38 bits per heavy atom. The minimum Gasteiger partial charge on any atom is -0.309 e. The molecule has 1 aliphatic rings. The summed E-state index contributed by atoms with van der Waals surface area (Å²) in [6.07, 6.45) is 3.93. The highest BCUT2D eigenvalue weighted by atomic mass is 32.1. The van der Waals surface area contributed by atoms with E-state index in [1.807, 2.05) is 6.07 Å². The van der Waals surface area contributed by atoms with Gasteiger partial charge in [0.1, 0.15) is 5.82 Å². The number of nitrogens with one attached hydrogen (secondary N) is 1. The highest BCUT2D eigenvalue weighted by molar-refractivity contribution is 7.19. The zero-order valence-corrected chi connectivity index (χ0v) is 9.82. The Labute approximate surface area is 98.3 Å². The highest BCUT2D eigenvalue weighted by Gasteiger charge is 2.16. The minimum absolute atomic E-state index is 0.0996. The van der Waals surface area contributed by atoms with E-state index < -0.39 is 0 Å². The second-order valence-corrected chi connectivity index (χ2v) is 5.52. The molecule has 0 aliphatic heterocycles. The average Bonchev–Trinajstić information content (AvgIpc) is 2.60. The largest absolute Gasteiger partial charge is 0.309 e. The third-order valence-corrected chi connectivity index (χ3v) is 4.38. The molecule has 1 fully saturated rings. The first-order chi connectivity index (χ1) is 7.83. The van der Waals surface area contributed by atoms with Crippen molar-refractivity contribution < 1.29 is 4.39 Å². The maximum Gasteiger partial charge on any atom is 0.140 e. The number of fused-ring (bicyclic) bond motifs is 1. The molecule has 0 spiro atoms. The second kappa shape index (κ2) is 4.15. The van der Waals surface area contributed by atoms with Crippen LogP contribution in [0, 0.1) is 5.82 Å². The molecular weight excluding hydrogens is 221 g/mol. The standard InChI is InChI=1S/C13H14FNS/c14-12-6-1-3-9-7-11(16-13(9)12)8-15-10-4-2-5-10/h1,3,6-7,10,15H,2,4-5,8H2. The first-order valence-corrected chi connectivity index (χ1v) is 6.55. The molecule has 1 heterocycles. The summed E-state index contributed by atoms with van der Waals surface area (Å²) in [4.78, 5) is 1.23. The lowest BCUT2D eigenvalue weighted by molar-refractivity contribution is 0.339. The summed E-state index contributed by atoms with van der Waals surface area (Å²) < 4.78 is 14.3. The van der Waals surface area contributed by atoms with Gasteiger partial charge < -0.3 is 5.32 Å². The fourth-order valence-electron chi connectivity index (χ4n) is 2.03. The Morgan fingerprint density at radius 2 is 2.25 bits per heavy atom. The summed E-state index contributed by atoms with van der Waals surface area (Å²) >= 11 is 1.56. The van der Waals surface area contributed by atoms with Gasteiger partial charge in [-0.1, -0.05) is 18.6 Å². The quantitative estimate of drug-likeness (QED) is 0.855. The summed E-state index contributed by atoms with van der Waals surface area (Å²) in [5, 5.41) is 4.53. The first kappa shape index (κ1) is 10.2. The molecule has 16 heavy (non-hydrogen) atoms. The van der Waals surface area contributed by atoms with Gasteiger partial charge in [-0.15, -0.1) is 11.3 Å². The summed E-state index contributed by atoms with van der Waals surface area (Å²) in [6, 6.07) is 8.06. The molecule has 1 aromatic heterocycles. The third-order valence-electron chi connectivity index (χ3n) is 3.22. The van der Waals surface area contributed by atoms with Crippen molar-refractivity contribution in [1.82, 2.24) is 5.32 Å². The molecule has 1 aliphatic carbocycles. The van der Waals surface area contributed by atoms with Crippen molar-refractivity contribution in [3.05, 3.63) is 35.0 Å². The van der Waals surface area contributed by atoms with Gasteiger partial charge in [0.2, 0.25) is 0 Å². The molecule has 1 nitrogen and oxygen atoms in total. The number of hydrogen-bond acceptors (Lipinski definition) is 2. The van der Waals surface area contributed by atoms with Crippen LogP contribution < -0.4 is 5.32 Å². The van der Waals surface area contributed by atoms with Crippen LogP contribution in [0.25, 0.3) is 10.1 Å². The molecule has 0 bridgehead atoms. The molecule has 1 N–H and O–H groups in total. The van der Waals surface area contributed by atoms with Crippen LogP contribution in [0.5, 0.6) is 0 Å². The van der Waals surface area contributed by atoms with E-state index in [1.54, 1.807) is 17.4 Å². The Kier molecular flexibility index (Phi) is 2.65. The van der Waals surface area contributed by atoms with Gasteiger partial charge in [0.05, 0.1) is 4.70 Å². The van der Waals surface area contributed by atoms with Crippen LogP contribution in [0.4, 0.5) is 4.39 Å². The molecule has 3 heteroatoms. The molecule has 0 atom stereocenters. The summed E-state index contributed by atoms with van der Waals surface area (Å²) in [7, 11) is 0. The van der Waals surface area contributed by atoms with Gasteiger partial charge >= 0.3 is 0 Å². The van der Waals surface area contributed by atoms with Crippen molar-refractivity contribution in [3.8, 4) is 0 Å². The van der Waals surface area contributed by atoms with E-state index in [-0.39, 0.29) is 5.82 Å². The van der Waals surface area contributed by atoms with Crippen LogP contribution in [0.1, 0.15) is 24.1 Å². The van der Waals surface area contributed by atoms with Crippen LogP contribution in [0.15, 0.2) is 24.3 Å². The molecule has 84 valence electrons. The van der Waals surface area contributed by atoms with Crippen molar-refractivity contribution in [3.63, 3.8) is 0 Å². The first-order valence-electron chi connectivity index (χ1n) is 5.73. The van der Waals surface area contributed by atoms with E-state index >= 15 is 0 Å². The Balaban J connectivity index is 1.79. The fourth-order valence-corrected chi connectivity index (χ4v) is 3.04. The van der Waals surface area contributed by atoms with Crippen LogP contribution in [0.2, 0.25) is 0 Å². The smallest absolute Gasteiger partial charge is 0.140 e. The lowest BCUT2D eigenvalue weighted by Crippen LogP contribution is -2.34. The molecule has 0 radical (unpaired) electrons. The lowest BCUT2D eigenvalue weighted by atomic mass is 9.93. The molecule has 2 aromatic rings. The summed E-state index contributed by atoms with van der Waals surface area (Å²) in [5.41, 5.74) is 0. The maximum atomic E-state index is 13.5. The molecular formula is C13H14FNS. The van der Waals surface area contributed by atoms with E-state index in [4.69, 9.17) is 0 Å². The van der Waals surface area contributed by atoms with Gasteiger partial charge in [0, 0.05) is 17.5 Å². The van der Waals surface area contributed by atoms with Gasteiger partial charge in [-0.25, -0.2) is 4.39 Å². The zero-order chi connectivity index (χ0) is 11.0. The van der Waals surface area contributed by atoms with Gasteiger partial charge in [0.15, 0.2) is 0 Å². The van der Waals surface area contributed by atoms with Crippen molar-refractivity contribution in [1.29, 1.82) is 0 Å². The fraction of sp³-hybridized carbons (Fsp3) is 0.385. The van der Waals surface area contributed by atoms with Crippen LogP contribution in [-0.4, -0.2) is 6.04 Å². The van der Waals surface area contributed by atoms with Gasteiger partial charge in [-0.05, 0) is 30.4 Å². The van der Waals surface area contributed by atoms with Crippen molar-refractivity contribution >= 4 is 21.4 Å². The zero-order valence-electron chi connectivity index (χ0n) is 9.00. The summed E-state index contributed by atoms with van der Waals surface area (Å²) in [6.45, 7) is 0.878. The Morgan fingerprint density at radius 3 is 2.94 bits per heavy atom. The number of thiophene rings is 1.